The summed E-state index contributed by atoms with van der Waals surface area (Å²) in [4.78, 5) is 10.5. The predicted octanol–water partition coefficient (Wildman–Crippen LogP) is 5.28. The van der Waals surface area contributed by atoms with Crippen LogP contribution in [0, 0.1) is 10.1 Å². The summed E-state index contributed by atoms with van der Waals surface area (Å²) < 4.78 is 0.767. The van der Waals surface area contributed by atoms with Crippen LogP contribution in [0.3, 0.4) is 0 Å². The van der Waals surface area contributed by atoms with Gasteiger partial charge in [0.25, 0.3) is 5.69 Å². The second-order valence-corrected chi connectivity index (χ2v) is 5.71. The molecule has 0 atom stereocenters. The molecule has 2 rings (SSSR count). The topological polar surface area (TPSA) is 55.2 Å². The Morgan fingerprint density at radius 3 is 2.40 bits per heavy atom. The first-order valence-corrected chi connectivity index (χ1v) is 7.14. The lowest BCUT2D eigenvalue weighted by Gasteiger charge is -2.11. The Morgan fingerprint density at radius 1 is 1.20 bits per heavy atom. The molecule has 0 bridgehead atoms. The minimum Gasteiger partial charge on any atom is -0.378 e. The van der Waals surface area contributed by atoms with Gasteiger partial charge in [-0.15, -0.1) is 0 Å². The SMILES string of the molecule is O=[N+]([O-])c1ccccc1CNc1c(Cl)cc(Br)cc1Cl. The smallest absolute Gasteiger partial charge is 0.274 e. The molecule has 0 aliphatic heterocycles. The van der Waals surface area contributed by atoms with Crippen LogP contribution in [0.4, 0.5) is 11.4 Å². The van der Waals surface area contributed by atoms with Crippen molar-refractivity contribution in [3.05, 3.63) is 66.6 Å². The summed E-state index contributed by atoms with van der Waals surface area (Å²) in [6, 6.07) is 9.92. The summed E-state index contributed by atoms with van der Waals surface area (Å²) in [5.41, 5.74) is 1.17. The Balaban J connectivity index is 2.24. The normalized spacial score (nSPS) is 10.3. The van der Waals surface area contributed by atoms with Crippen molar-refractivity contribution >= 4 is 50.5 Å². The van der Waals surface area contributed by atoms with Gasteiger partial charge >= 0.3 is 0 Å². The van der Waals surface area contributed by atoms with Crippen molar-refractivity contribution in [1.82, 2.24) is 0 Å². The fraction of sp³-hybridized carbons (Fsp3) is 0.0769. The van der Waals surface area contributed by atoms with Gasteiger partial charge in [-0.1, -0.05) is 57.3 Å². The average molecular weight is 376 g/mol. The van der Waals surface area contributed by atoms with Gasteiger partial charge in [0.05, 0.1) is 20.7 Å². The van der Waals surface area contributed by atoms with Gasteiger partial charge in [-0.05, 0) is 12.1 Å². The molecule has 0 aliphatic carbocycles. The molecular formula is C13H9BrCl2N2O2. The molecule has 0 unspecified atom stereocenters. The Labute approximate surface area is 134 Å². The first-order valence-electron chi connectivity index (χ1n) is 5.59. The van der Waals surface area contributed by atoms with Gasteiger partial charge in [0.2, 0.25) is 0 Å². The fourth-order valence-corrected chi connectivity index (χ4v) is 3.08. The van der Waals surface area contributed by atoms with E-state index in [0.717, 1.165) is 4.47 Å². The maximum absolute atomic E-state index is 10.9. The first-order chi connectivity index (χ1) is 9.49. The molecule has 4 nitrogen and oxygen atoms in total. The lowest BCUT2D eigenvalue weighted by atomic mass is 10.2. The molecule has 0 saturated carbocycles. The molecule has 7 heteroatoms. The molecule has 2 aromatic carbocycles. The second-order valence-electron chi connectivity index (χ2n) is 3.98. The first kappa shape index (κ1) is 15.1. The zero-order chi connectivity index (χ0) is 14.7. The van der Waals surface area contributed by atoms with Crippen LogP contribution in [0.2, 0.25) is 10.0 Å². The Bertz CT molecular complexity index is 642. The standard InChI is InChI=1S/C13H9BrCl2N2O2/c14-9-5-10(15)13(11(16)6-9)17-7-8-3-1-2-4-12(8)18(19)20/h1-6,17H,7H2. The highest BCUT2D eigenvalue weighted by atomic mass is 79.9. The maximum Gasteiger partial charge on any atom is 0.274 e. The number of rotatable bonds is 4. The van der Waals surface area contributed by atoms with Crippen molar-refractivity contribution in [3.63, 3.8) is 0 Å². The van der Waals surface area contributed by atoms with Crippen molar-refractivity contribution in [1.29, 1.82) is 0 Å². The average Bonchev–Trinajstić information content (AvgIpc) is 2.37. The minimum absolute atomic E-state index is 0.0596. The zero-order valence-electron chi connectivity index (χ0n) is 10.1. The molecule has 2 aromatic rings. The van der Waals surface area contributed by atoms with Crippen molar-refractivity contribution in [2.75, 3.05) is 5.32 Å². The molecule has 0 aromatic heterocycles. The van der Waals surface area contributed by atoms with E-state index in [1.54, 1.807) is 30.3 Å². The largest absolute Gasteiger partial charge is 0.378 e. The van der Waals surface area contributed by atoms with Gasteiger partial charge < -0.3 is 5.32 Å². The van der Waals surface area contributed by atoms with E-state index in [1.807, 2.05) is 0 Å². The van der Waals surface area contributed by atoms with E-state index in [4.69, 9.17) is 23.2 Å². The monoisotopic (exact) mass is 374 g/mol. The second kappa shape index (κ2) is 6.43. The van der Waals surface area contributed by atoms with Crippen molar-refractivity contribution < 1.29 is 4.92 Å². The third kappa shape index (κ3) is 3.42. The molecule has 0 fully saturated rings. The number of para-hydroxylation sites is 1. The lowest BCUT2D eigenvalue weighted by molar-refractivity contribution is -0.385. The van der Waals surface area contributed by atoms with Crippen LogP contribution >= 0.6 is 39.1 Å². The molecule has 20 heavy (non-hydrogen) atoms. The zero-order valence-corrected chi connectivity index (χ0v) is 13.2. The van der Waals surface area contributed by atoms with Crippen molar-refractivity contribution in [3.8, 4) is 0 Å². The number of nitrogens with one attached hydrogen (secondary N) is 1. The molecule has 104 valence electrons. The highest BCUT2D eigenvalue weighted by Gasteiger charge is 2.13. The van der Waals surface area contributed by atoms with E-state index in [-0.39, 0.29) is 12.2 Å². The van der Waals surface area contributed by atoms with Gasteiger partial charge in [0, 0.05) is 22.6 Å². The fourth-order valence-electron chi connectivity index (χ4n) is 1.73. The van der Waals surface area contributed by atoms with Crippen molar-refractivity contribution in [2.45, 2.75) is 6.54 Å². The molecular weight excluding hydrogens is 367 g/mol. The molecule has 0 heterocycles. The van der Waals surface area contributed by atoms with Crippen molar-refractivity contribution in [2.24, 2.45) is 0 Å². The van der Waals surface area contributed by atoms with Crippen LogP contribution in [0.25, 0.3) is 0 Å². The van der Waals surface area contributed by atoms with E-state index in [1.165, 1.54) is 6.07 Å². The van der Waals surface area contributed by atoms with Gasteiger partial charge in [-0.25, -0.2) is 0 Å². The van der Waals surface area contributed by atoms with Crippen LogP contribution in [0.15, 0.2) is 40.9 Å². The number of halogens is 3. The van der Waals surface area contributed by atoms with Gasteiger partial charge in [0.1, 0.15) is 0 Å². The number of benzene rings is 2. The molecule has 0 spiro atoms. The van der Waals surface area contributed by atoms with E-state index >= 15 is 0 Å². The number of hydrogen-bond donors (Lipinski definition) is 1. The summed E-state index contributed by atoms with van der Waals surface area (Å²) in [6.07, 6.45) is 0. The lowest BCUT2D eigenvalue weighted by Crippen LogP contribution is -2.03. The summed E-state index contributed by atoms with van der Waals surface area (Å²) in [7, 11) is 0. The number of nitro benzene ring substituents is 1. The summed E-state index contributed by atoms with van der Waals surface area (Å²) >= 11 is 15.5. The van der Waals surface area contributed by atoms with Crippen LogP contribution in [-0.4, -0.2) is 4.92 Å². The van der Waals surface area contributed by atoms with Crippen LogP contribution in [0.1, 0.15) is 5.56 Å². The number of nitro groups is 1. The van der Waals surface area contributed by atoms with E-state index in [2.05, 4.69) is 21.2 Å². The van der Waals surface area contributed by atoms with Gasteiger partial charge in [0.15, 0.2) is 0 Å². The Hall–Kier alpha value is -1.30. The third-order valence-corrected chi connectivity index (χ3v) is 3.70. The third-order valence-electron chi connectivity index (χ3n) is 2.65. The highest BCUT2D eigenvalue weighted by molar-refractivity contribution is 9.10. The van der Waals surface area contributed by atoms with Crippen LogP contribution in [-0.2, 0) is 6.54 Å². The number of nitrogens with zero attached hydrogens (tertiary/aromatic N) is 1. The molecule has 0 aliphatic rings. The van der Waals surface area contributed by atoms with Gasteiger partial charge in [-0.3, -0.25) is 10.1 Å². The molecule has 0 amide bonds. The predicted molar refractivity (Wildman–Crippen MR) is 84.6 cm³/mol. The highest BCUT2D eigenvalue weighted by Crippen LogP contribution is 2.34. The van der Waals surface area contributed by atoms with E-state index < -0.39 is 4.92 Å². The Kier molecular flexibility index (Phi) is 4.86. The Morgan fingerprint density at radius 2 is 1.80 bits per heavy atom. The quantitative estimate of drug-likeness (QED) is 0.584. The maximum atomic E-state index is 10.9. The number of hydrogen-bond acceptors (Lipinski definition) is 3. The number of anilines is 1. The molecule has 1 N–H and O–H groups in total. The summed E-state index contributed by atoms with van der Waals surface area (Å²) in [5.74, 6) is 0. The van der Waals surface area contributed by atoms with Crippen LogP contribution < -0.4 is 5.32 Å². The summed E-state index contributed by atoms with van der Waals surface area (Å²) in [5, 5.41) is 14.9. The van der Waals surface area contributed by atoms with Gasteiger partial charge in [-0.2, -0.15) is 0 Å². The van der Waals surface area contributed by atoms with Crippen LogP contribution in [0.5, 0.6) is 0 Å². The molecule has 0 radical (unpaired) electrons. The summed E-state index contributed by atoms with van der Waals surface area (Å²) in [6.45, 7) is 0.262. The minimum atomic E-state index is -0.415. The van der Waals surface area contributed by atoms with E-state index in [9.17, 15) is 10.1 Å². The van der Waals surface area contributed by atoms with E-state index in [0.29, 0.717) is 21.3 Å². The molecule has 0 saturated heterocycles.